The number of hydrogen-bond donors (Lipinski definition) is 3. The molecule has 0 spiro atoms. The molecule has 1 saturated heterocycles. The highest BCUT2D eigenvalue weighted by Gasteiger charge is 2.13. The SMILES string of the molecule is CNC(=O)CC1CNCCCN1. The minimum Gasteiger partial charge on any atom is -0.359 e. The molecular weight excluding hydrogens is 154 g/mol. The van der Waals surface area contributed by atoms with Crippen LogP contribution in [0.1, 0.15) is 12.8 Å². The van der Waals surface area contributed by atoms with Crippen molar-refractivity contribution in [3.05, 3.63) is 0 Å². The first kappa shape index (κ1) is 9.48. The first-order valence-corrected chi connectivity index (χ1v) is 4.47. The second-order valence-electron chi connectivity index (χ2n) is 3.09. The van der Waals surface area contributed by atoms with Gasteiger partial charge in [0.2, 0.25) is 5.91 Å². The summed E-state index contributed by atoms with van der Waals surface area (Å²) in [6.07, 6.45) is 1.72. The van der Waals surface area contributed by atoms with E-state index in [-0.39, 0.29) is 5.91 Å². The van der Waals surface area contributed by atoms with Crippen molar-refractivity contribution in [3.8, 4) is 0 Å². The van der Waals surface area contributed by atoms with Crippen molar-refractivity contribution in [2.24, 2.45) is 0 Å². The summed E-state index contributed by atoms with van der Waals surface area (Å²) in [5.74, 6) is 0.108. The second kappa shape index (κ2) is 5.11. The highest BCUT2D eigenvalue weighted by molar-refractivity contribution is 5.76. The van der Waals surface area contributed by atoms with E-state index in [9.17, 15) is 4.79 Å². The number of rotatable bonds is 2. The van der Waals surface area contributed by atoms with E-state index in [0.717, 1.165) is 26.1 Å². The molecule has 1 atom stereocenters. The Hall–Kier alpha value is -0.610. The molecule has 70 valence electrons. The Bertz CT molecular complexity index is 141. The van der Waals surface area contributed by atoms with Crippen LogP contribution >= 0.6 is 0 Å². The molecule has 0 aliphatic carbocycles. The van der Waals surface area contributed by atoms with Crippen LogP contribution in [0.25, 0.3) is 0 Å². The largest absolute Gasteiger partial charge is 0.359 e. The lowest BCUT2D eigenvalue weighted by Crippen LogP contribution is -2.39. The lowest BCUT2D eigenvalue weighted by atomic mass is 10.2. The summed E-state index contributed by atoms with van der Waals surface area (Å²) in [4.78, 5) is 11.0. The average Bonchev–Trinajstić information content (AvgIpc) is 2.33. The minimum absolute atomic E-state index is 0.108. The van der Waals surface area contributed by atoms with Gasteiger partial charge in [-0.15, -0.1) is 0 Å². The van der Waals surface area contributed by atoms with Gasteiger partial charge >= 0.3 is 0 Å². The van der Waals surface area contributed by atoms with Crippen molar-refractivity contribution in [2.75, 3.05) is 26.7 Å². The smallest absolute Gasteiger partial charge is 0.221 e. The predicted octanol–water partition coefficient (Wildman–Crippen LogP) is -0.926. The Kier molecular flexibility index (Phi) is 4.04. The number of carbonyl (C=O) groups excluding carboxylic acids is 1. The van der Waals surface area contributed by atoms with Gasteiger partial charge in [0.15, 0.2) is 0 Å². The van der Waals surface area contributed by atoms with Crippen LogP contribution in [0.4, 0.5) is 0 Å². The van der Waals surface area contributed by atoms with Crippen molar-refractivity contribution in [2.45, 2.75) is 18.9 Å². The van der Waals surface area contributed by atoms with Gasteiger partial charge in [-0.1, -0.05) is 0 Å². The number of amides is 1. The molecule has 1 aliphatic heterocycles. The molecule has 1 amide bonds. The highest BCUT2D eigenvalue weighted by atomic mass is 16.1. The molecule has 4 heteroatoms. The molecule has 0 aromatic heterocycles. The molecule has 12 heavy (non-hydrogen) atoms. The molecular formula is C8H17N3O. The number of hydrogen-bond acceptors (Lipinski definition) is 3. The van der Waals surface area contributed by atoms with Gasteiger partial charge in [0.05, 0.1) is 0 Å². The Morgan fingerprint density at radius 3 is 3.17 bits per heavy atom. The predicted molar refractivity (Wildman–Crippen MR) is 48.0 cm³/mol. The lowest BCUT2D eigenvalue weighted by molar-refractivity contribution is -0.121. The van der Waals surface area contributed by atoms with Crippen LogP contribution in [0.5, 0.6) is 0 Å². The van der Waals surface area contributed by atoms with Crippen LogP contribution < -0.4 is 16.0 Å². The van der Waals surface area contributed by atoms with Crippen LogP contribution in [0.3, 0.4) is 0 Å². The molecule has 0 radical (unpaired) electrons. The van der Waals surface area contributed by atoms with E-state index < -0.39 is 0 Å². The summed E-state index contributed by atoms with van der Waals surface area (Å²) in [7, 11) is 1.67. The topological polar surface area (TPSA) is 53.2 Å². The highest BCUT2D eigenvalue weighted by Crippen LogP contribution is 1.94. The summed E-state index contributed by atoms with van der Waals surface area (Å²) in [5.41, 5.74) is 0. The van der Waals surface area contributed by atoms with Gasteiger partial charge in [0, 0.05) is 26.1 Å². The van der Waals surface area contributed by atoms with E-state index in [4.69, 9.17) is 0 Å². The maximum absolute atomic E-state index is 11.0. The Labute approximate surface area is 73.1 Å². The number of carbonyl (C=O) groups is 1. The summed E-state index contributed by atoms with van der Waals surface area (Å²) >= 11 is 0. The fraction of sp³-hybridized carbons (Fsp3) is 0.875. The van der Waals surface area contributed by atoms with E-state index in [2.05, 4.69) is 16.0 Å². The molecule has 1 rings (SSSR count). The average molecular weight is 171 g/mol. The van der Waals surface area contributed by atoms with Gasteiger partial charge in [-0.05, 0) is 19.5 Å². The van der Waals surface area contributed by atoms with E-state index in [1.807, 2.05) is 0 Å². The van der Waals surface area contributed by atoms with Gasteiger partial charge in [0.1, 0.15) is 0 Å². The quantitative estimate of drug-likeness (QED) is 0.503. The van der Waals surface area contributed by atoms with Gasteiger partial charge in [-0.3, -0.25) is 4.79 Å². The molecule has 0 bridgehead atoms. The summed E-state index contributed by atoms with van der Waals surface area (Å²) in [6.45, 7) is 2.96. The molecule has 3 N–H and O–H groups in total. The van der Waals surface area contributed by atoms with Crippen LogP contribution in [0.15, 0.2) is 0 Å². The fourth-order valence-electron chi connectivity index (χ4n) is 1.34. The summed E-state index contributed by atoms with van der Waals surface area (Å²) in [5, 5.41) is 9.23. The molecule has 0 aromatic carbocycles. The maximum atomic E-state index is 11.0. The molecule has 0 saturated carbocycles. The molecule has 1 unspecified atom stereocenters. The molecule has 4 nitrogen and oxygen atoms in total. The van der Waals surface area contributed by atoms with Gasteiger partial charge < -0.3 is 16.0 Å². The summed E-state index contributed by atoms with van der Waals surface area (Å²) < 4.78 is 0. The maximum Gasteiger partial charge on any atom is 0.221 e. The van der Waals surface area contributed by atoms with Gasteiger partial charge in [0.25, 0.3) is 0 Å². The normalized spacial score (nSPS) is 24.6. The number of nitrogens with one attached hydrogen (secondary N) is 3. The monoisotopic (exact) mass is 171 g/mol. The van der Waals surface area contributed by atoms with Crippen molar-refractivity contribution in [1.29, 1.82) is 0 Å². The fourth-order valence-corrected chi connectivity index (χ4v) is 1.34. The van der Waals surface area contributed by atoms with Crippen LogP contribution in [-0.2, 0) is 4.79 Å². The second-order valence-corrected chi connectivity index (χ2v) is 3.09. The third-order valence-corrected chi connectivity index (χ3v) is 2.06. The molecule has 1 fully saturated rings. The van der Waals surface area contributed by atoms with Crippen LogP contribution in [0.2, 0.25) is 0 Å². The van der Waals surface area contributed by atoms with Crippen molar-refractivity contribution < 1.29 is 4.79 Å². The van der Waals surface area contributed by atoms with Crippen molar-refractivity contribution in [3.63, 3.8) is 0 Å². The van der Waals surface area contributed by atoms with Crippen LogP contribution in [0, 0.1) is 0 Å². The standard InChI is InChI=1S/C8H17N3O/c1-9-8(12)5-7-6-10-3-2-4-11-7/h7,10-11H,2-6H2,1H3,(H,9,12). The van der Waals surface area contributed by atoms with Gasteiger partial charge in [-0.2, -0.15) is 0 Å². The molecule has 1 heterocycles. The zero-order valence-corrected chi connectivity index (χ0v) is 7.52. The third kappa shape index (κ3) is 3.19. The van der Waals surface area contributed by atoms with Crippen molar-refractivity contribution in [1.82, 2.24) is 16.0 Å². The lowest BCUT2D eigenvalue weighted by Gasteiger charge is -2.13. The van der Waals surface area contributed by atoms with Crippen LogP contribution in [-0.4, -0.2) is 38.6 Å². The Morgan fingerprint density at radius 2 is 2.42 bits per heavy atom. The van der Waals surface area contributed by atoms with E-state index in [1.165, 1.54) is 0 Å². The van der Waals surface area contributed by atoms with E-state index in [0.29, 0.717) is 12.5 Å². The summed E-state index contributed by atoms with van der Waals surface area (Å²) in [6, 6.07) is 0.299. The zero-order chi connectivity index (χ0) is 8.81. The first-order valence-electron chi connectivity index (χ1n) is 4.47. The molecule has 1 aliphatic rings. The third-order valence-electron chi connectivity index (χ3n) is 2.06. The van der Waals surface area contributed by atoms with Gasteiger partial charge in [-0.25, -0.2) is 0 Å². The Morgan fingerprint density at radius 1 is 1.58 bits per heavy atom. The zero-order valence-electron chi connectivity index (χ0n) is 7.52. The first-order chi connectivity index (χ1) is 5.83. The van der Waals surface area contributed by atoms with E-state index in [1.54, 1.807) is 7.05 Å². The Balaban J connectivity index is 2.24. The minimum atomic E-state index is 0.108. The molecule has 0 aromatic rings. The van der Waals surface area contributed by atoms with Crippen molar-refractivity contribution >= 4 is 5.91 Å². The van der Waals surface area contributed by atoms with E-state index >= 15 is 0 Å².